The molecule has 2 heterocycles. The Morgan fingerprint density at radius 2 is 1.73 bits per heavy atom. The van der Waals surface area contributed by atoms with Crippen molar-refractivity contribution >= 4 is 33.2 Å². The van der Waals surface area contributed by atoms with Crippen LogP contribution >= 0.6 is 11.6 Å². The number of halogens is 1. The van der Waals surface area contributed by atoms with Gasteiger partial charge in [-0.1, -0.05) is 53.6 Å². The van der Waals surface area contributed by atoms with Gasteiger partial charge in [-0.25, -0.2) is 8.42 Å². The first-order valence-electron chi connectivity index (χ1n) is 12.4. The second kappa shape index (κ2) is 10.7. The SMILES string of the molecule is Cc1ccc(S(=O)(=O)N2C[C@@H](C(=O)NCc3ccccc3CN3CCCC3)Oc3ccc(Cl)cc32)cc1. The van der Waals surface area contributed by atoms with Crippen molar-refractivity contribution in [1.82, 2.24) is 10.2 Å². The lowest BCUT2D eigenvalue weighted by Gasteiger charge is -2.35. The highest BCUT2D eigenvalue weighted by Crippen LogP contribution is 2.39. The van der Waals surface area contributed by atoms with Crippen LogP contribution in [0.2, 0.25) is 5.02 Å². The molecule has 5 rings (SSSR count). The molecule has 3 aromatic carbocycles. The summed E-state index contributed by atoms with van der Waals surface area (Å²) in [6.07, 6.45) is 1.42. The van der Waals surface area contributed by atoms with Gasteiger partial charge >= 0.3 is 0 Å². The summed E-state index contributed by atoms with van der Waals surface area (Å²) >= 11 is 6.19. The van der Waals surface area contributed by atoms with Crippen LogP contribution in [-0.4, -0.2) is 45.0 Å². The second-order valence-electron chi connectivity index (χ2n) is 9.54. The molecule has 2 aliphatic rings. The smallest absolute Gasteiger partial charge is 0.264 e. The molecule has 0 bridgehead atoms. The Hall–Kier alpha value is -3.07. The summed E-state index contributed by atoms with van der Waals surface area (Å²) < 4.78 is 34.4. The van der Waals surface area contributed by atoms with E-state index in [1.54, 1.807) is 42.5 Å². The quantitative estimate of drug-likeness (QED) is 0.478. The maximum Gasteiger partial charge on any atom is 0.264 e. The van der Waals surface area contributed by atoms with E-state index in [4.69, 9.17) is 16.3 Å². The molecular weight excluding hydrogens is 510 g/mol. The highest BCUT2D eigenvalue weighted by molar-refractivity contribution is 7.92. The molecule has 37 heavy (non-hydrogen) atoms. The van der Waals surface area contributed by atoms with E-state index in [9.17, 15) is 13.2 Å². The molecule has 0 spiro atoms. The van der Waals surface area contributed by atoms with Crippen LogP contribution in [0.5, 0.6) is 5.75 Å². The van der Waals surface area contributed by atoms with Crippen LogP contribution in [0.4, 0.5) is 5.69 Å². The van der Waals surface area contributed by atoms with Crippen molar-refractivity contribution in [2.75, 3.05) is 23.9 Å². The number of ether oxygens (including phenoxy) is 1. The zero-order valence-corrected chi connectivity index (χ0v) is 22.3. The summed E-state index contributed by atoms with van der Waals surface area (Å²) in [5.41, 5.74) is 3.48. The average molecular weight is 540 g/mol. The first-order valence-corrected chi connectivity index (χ1v) is 14.3. The van der Waals surface area contributed by atoms with Gasteiger partial charge in [-0.2, -0.15) is 0 Å². The van der Waals surface area contributed by atoms with Gasteiger partial charge in [-0.3, -0.25) is 14.0 Å². The fraction of sp³-hybridized carbons (Fsp3) is 0.321. The first-order chi connectivity index (χ1) is 17.8. The molecular formula is C28H30ClN3O4S. The summed E-state index contributed by atoms with van der Waals surface area (Å²) in [5, 5.41) is 3.34. The monoisotopic (exact) mass is 539 g/mol. The lowest BCUT2D eigenvalue weighted by atomic mass is 10.1. The third kappa shape index (κ3) is 5.61. The van der Waals surface area contributed by atoms with Crippen LogP contribution in [0, 0.1) is 6.92 Å². The van der Waals surface area contributed by atoms with E-state index in [1.165, 1.54) is 22.7 Å². The van der Waals surface area contributed by atoms with E-state index in [0.717, 1.165) is 30.8 Å². The molecule has 1 fully saturated rings. The summed E-state index contributed by atoms with van der Waals surface area (Å²) in [6, 6.07) is 19.5. The predicted molar refractivity (Wildman–Crippen MR) is 144 cm³/mol. The Morgan fingerprint density at radius 3 is 2.46 bits per heavy atom. The number of amides is 1. The van der Waals surface area contributed by atoms with Crippen LogP contribution in [-0.2, 0) is 27.9 Å². The average Bonchev–Trinajstić information content (AvgIpc) is 3.40. The van der Waals surface area contributed by atoms with Crippen molar-refractivity contribution in [3.63, 3.8) is 0 Å². The Balaban J connectivity index is 1.36. The number of carbonyl (C=O) groups is 1. The Morgan fingerprint density at radius 1 is 1.03 bits per heavy atom. The molecule has 1 amide bonds. The lowest BCUT2D eigenvalue weighted by Crippen LogP contribution is -2.50. The second-order valence-corrected chi connectivity index (χ2v) is 11.8. The standard InChI is InChI=1S/C28H30ClN3O4S/c1-20-8-11-24(12-9-20)37(34,35)32-19-27(36-26-13-10-23(29)16-25(26)32)28(33)30-17-21-6-2-3-7-22(21)18-31-14-4-5-15-31/h2-3,6-13,16,27H,4-5,14-15,17-19H2,1H3,(H,30,33)/t27-/m0/s1. The van der Waals surface area contributed by atoms with Crippen LogP contribution in [0.3, 0.4) is 0 Å². The number of likely N-dealkylation sites (tertiary alicyclic amines) is 1. The zero-order chi connectivity index (χ0) is 26.0. The fourth-order valence-electron chi connectivity index (χ4n) is 4.79. The van der Waals surface area contributed by atoms with Gasteiger partial charge in [0.1, 0.15) is 5.75 Å². The van der Waals surface area contributed by atoms with E-state index >= 15 is 0 Å². The molecule has 194 valence electrons. The van der Waals surface area contributed by atoms with E-state index in [2.05, 4.69) is 16.3 Å². The molecule has 3 aromatic rings. The van der Waals surface area contributed by atoms with Gasteiger partial charge in [-0.05, 0) is 74.3 Å². The highest BCUT2D eigenvalue weighted by atomic mass is 35.5. The number of carbonyl (C=O) groups excluding carboxylic acids is 1. The van der Waals surface area contributed by atoms with Gasteiger partial charge in [0, 0.05) is 18.1 Å². The van der Waals surface area contributed by atoms with Gasteiger partial charge < -0.3 is 10.1 Å². The van der Waals surface area contributed by atoms with Crippen LogP contribution < -0.4 is 14.4 Å². The van der Waals surface area contributed by atoms with E-state index in [1.807, 2.05) is 25.1 Å². The van der Waals surface area contributed by atoms with E-state index in [-0.39, 0.29) is 17.3 Å². The largest absolute Gasteiger partial charge is 0.476 e. The van der Waals surface area contributed by atoms with E-state index in [0.29, 0.717) is 23.0 Å². The number of hydrogen-bond acceptors (Lipinski definition) is 5. The molecule has 7 nitrogen and oxygen atoms in total. The molecule has 0 aliphatic carbocycles. The van der Waals surface area contributed by atoms with E-state index < -0.39 is 16.1 Å². The molecule has 1 atom stereocenters. The summed E-state index contributed by atoms with van der Waals surface area (Å²) in [7, 11) is -3.95. The number of aryl methyl sites for hydroxylation is 1. The first kappa shape index (κ1) is 25.6. The van der Waals surface area contributed by atoms with Crippen LogP contribution in [0.1, 0.15) is 29.5 Å². The van der Waals surface area contributed by atoms with Gasteiger partial charge in [0.15, 0.2) is 6.10 Å². The maximum absolute atomic E-state index is 13.6. The van der Waals surface area contributed by atoms with Gasteiger partial charge in [0.25, 0.3) is 15.9 Å². The number of anilines is 1. The van der Waals surface area contributed by atoms with Crippen molar-refractivity contribution < 1.29 is 17.9 Å². The Bertz CT molecular complexity index is 1390. The molecule has 0 unspecified atom stereocenters. The Kier molecular flexibility index (Phi) is 7.42. The van der Waals surface area contributed by atoms with Crippen molar-refractivity contribution in [3.05, 3.63) is 88.4 Å². The van der Waals surface area contributed by atoms with Crippen LogP contribution in [0.25, 0.3) is 0 Å². The molecule has 1 saturated heterocycles. The summed E-state index contributed by atoms with van der Waals surface area (Å²) in [4.78, 5) is 15.8. The van der Waals surface area contributed by atoms with Gasteiger partial charge in [0.05, 0.1) is 17.1 Å². The van der Waals surface area contributed by atoms with Crippen molar-refractivity contribution in [2.45, 2.75) is 43.9 Å². The zero-order valence-electron chi connectivity index (χ0n) is 20.7. The van der Waals surface area contributed by atoms with Crippen molar-refractivity contribution in [1.29, 1.82) is 0 Å². The predicted octanol–water partition coefficient (Wildman–Crippen LogP) is 4.52. The Labute approximate surface area is 223 Å². The number of fused-ring (bicyclic) bond motifs is 1. The number of rotatable bonds is 7. The number of nitrogens with one attached hydrogen (secondary N) is 1. The normalized spacial score (nSPS) is 17.8. The maximum atomic E-state index is 13.6. The number of sulfonamides is 1. The highest BCUT2D eigenvalue weighted by Gasteiger charge is 2.37. The van der Waals surface area contributed by atoms with Gasteiger partial charge in [0.2, 0.25) is 0 Å². The molecule has 2 aliphatic heterocycles. The number of hydrogen-bond donors (Lipinski definition) is 1. The van der Waals surface area contributed by atoms with Crippen molar-refractivity contribution in [3.8, 4) is 5.75 Å². The summed E-state index contributed by atoms with van der Waals surface area (Å²) in [5.74, 6) is -0.0819. The topological polar surface area (TPSA) is 79.0 Å². The molecule has 1 N–H and O–H groups in total. The summed E-state index contributed by atoms with van der Waals surface area (Å²) in [6.45, 7) is 5.09. The minimum absolute atomic E-state index is 0.140. The number of nitrogens with zero attached hydrogens (tertiary/aromatic N) is 2. The molecule has 0 radical (unpaired) electrons. The third-order valence-electron chi connectivity index (χ3n) is 6.86. The lowest BCUT2D eigenvalue weighted by molar-refractivity contribution is -0.127. The van der Waals surface area contributed by atoms with Crippen LogP contribution in [0.15, 0.2) is 71.6 Å². The fourth-order valence-corrected chi connectivity index (χ4v) is 6.42. The third-order valence-corrected chi connectivity index (χ3v) is 8.89. The van der Waals surface area contributed by atoms with Gasteiger partial charge in [-0.15, -0.1) is 0 Å². The molecule has 0 saturated carbocycles. The minimum atomic E-state index is -3.95. The van der Waals surface area contributed by atoms with Crippen molar-refractivity contribution in [2.24, 2.45) is 0 Å². The molecule has 9 heteroatoms. The molecule has 0 aromatic heterocycles. The number of benzene rings is 3. The minimum Gasteiger partial charge on any atom is -0.476 e.